The molecule has 0 aliphatic rings. The van der Waals surface area contributed by atoms with Crippen molar-refractivity contribution < 1.29 is 0 Å². The molecular weight excluding hydrogens is 613 g/mol. The van der Waals surface area contributed by atoms with E-state index in [2.05, 4.69) is 112 Å². The molecule has 6 aromatic carbocycles. The van der Waals surface area contributed by atoms with Gasteiger partial charge in [0.15, 0.2) is 5.82 Å². The van der Waals surface area contributed by atoms with Gasteiger partial charge in [-0.15, -0.1) is 0 Å². The fourth-order valence-corrected chi connectivity index (χ4v) is 7.19. The maximum absolute atomic E-state index is 5.05. The van der Waals surface area contributed by atoms with Gasteiger partial charge in [-0.05, 0) is 30.3 Å². The molecule has 0 atom stereocenters. The quantitative estimate of drug-likeness (QED) is 0.188. The first-order valence-electron chi connectivity index (χ1n) is 16.7. The lowest BCUT2D eigenvalue weighted by Crippen LogP contribution is -2.03. The first kappa shape index (κ1) is 28.1. The number of aromatic nitrogens is 6. The molecular formula is C44H28N6. The Morgan fingerprint density at radius 1 is 0.380 bits per heavy atom. The number of benzene rings is 6. The minimum Gasteiger partial charge on any atom is -0.307 e. The molecule has 0 unspecified atom stereocenters. The monoisotopic (exact) mass is 640 g/mol. The molecule has 6 nitrogen and oxygen atoms in total. The van der Waals surface area contributed by atoms with Crippen LogP contribution in [0.15, 0.2) is 170 Å². The van der Waals surface area contributed by atoms with Gasteiger partial charge < -0.3 is 4.57 Å². The molecule has 4 heterocycles. The number of hydrogen-bond donors (Lipinski definition) is 0. The fourth-order valence-electron chi connectivity index (χ4n) is 7.19. The fraction of sp³-hybridized carbons (Fsp3) is 0. The number of rotatable bonds is 5. The Kier molecular flexibility index (Phi) is 6.39. The second kappa shape index (κ2) is 11.4. The predicted octanol–water partition coefficient (Wildman–Crippen LogP) is 10.5. The van der Waals surface area contributed by atoms with Crippen molar-refractivity contribution in [1.82, 2.24) is 29.1 Å². The predicted molar refractivity (Wildman–Crippen MR) is 203 cm³/mol. The summed E-state index contributed by atoms with van der Waals surface area (Å²) in [5.74, 6) is 1.25. The molecule has 0 amide bonds. The Hall–Kier alpha value is -6.92. The number of fused-ring (bicyclic) bond motifs is 7. The van der Waals surface area contributed by atoms with Crippen molar-refractivity contribution in [3.63, 3.8) is 0 Å². The van der Waals surface area contributed by atoms with E-state index >= 15 is 0 Å². The van der Waals surface area contributed by atoms with E-state index in [1.165, 1.54) is 10.8 Å². The second-order valence-corrected chi connectivity index (χ2v) is 12.4. The third kappa shape index (κ3) is 4.43. The van der Waals surface area contributed by atoms with Crippen molar-refractivity contribution in [2.45, 2.75) is 0 Å². The van der Waals surface area contributed by atoms with Gasteiger partial charge in [0, 0.05) is 56.3 Å². The summed E-state index contributed by atoms with van der Waals surface area (Å²) in [6.45, 7) is 0. The van der Waals surface area contributed by atoms with E-state index in [-0.39, 0.29) is 0 Å². The van der Waals surface area contributed by atoms with Crippen LogP contribution in [0.5, 0.6) is 0 Å². The van der Waals surface area contributed by atoms with E-state index in [4.69, 9.17) is 19.9 Å². The molecule has 4 aromatic heterocycles. The summed E-state index contributed by atoms with van der Waals surface area (Å²) >= 11 is 0. The summed E-state index contributed by atoms with van der Waals surface area (Å²) in [4.78, 5) is 20.0. The van der Waals surface area contributed by atoms with Gasteiger partial charge in [0.05, 0.1) is 33.5 Å². The van der Waals surface area contributed by atoms with Crippen molar-refractivity contribution in [3.8, 4) is 45.5 Å². The van der Waals surface area contributed by atoms with Crippen molar-refractivity contribution in [1.29, 1.82) is 0 Å². The van der Waals surface area contributed by atoms with E-state index in [0.29, 0.717) is 11.8 Å². The average molecular weight is 641 g/mol. The van der Waals surface area contributed by atoms with Gasteiger partial charge >= 0.3 is 0 Å². The first-order valence-corrected chi connectivity index (χ1v) is 16.7. The lowest BCUT2D eigenvalue weighted by molar-refractivity contribution is 0.987. The summed E-state index contributed by atoms with van der Waals surface area (Å²) in [6.07, 6.45) is 3.75. The van der Waals surface area contributed by atoms with Crippen molar-refractivity contribution in [3.05, 3.63) is 170 Å². The number of hydrogen-bond acceptors (Lipinski definition) is 4. The van der Waals surface area contributed by atoms with E-state index in [1.807, 2.05) is 67.0 Å². The maximum Gasteiger partial charge on any atom is 0.234 e. The third-order valence-corrected chi connectivity index (χ3v) is 9.44. The minimum absolute atomic E-state index is 0.595. The Morgan fingerprint density at radius 3 is 1.48 bits per heavy atom. The Balaban J connectivity index is 1.21. The van der Waals surface area contributed by atoms with Crippen LogP contribution < -0.4 is 0 Å². The molecule has 0 radical (unpaired) electrons. The summed E-state index contributed by atoms with van der Waals surface area (Å²) < 4.78 is 4.58. The van der Waals surface area contributed by atoms with Crippen LogP contribution >= 0.6 is 0 Å². The van der Waals surface area contributed by atoms with E-state index in [1.54, 1.807) is 0 Å². The van der Waals surface area contributed by atoms with E-state index in [0.717, 1.165) is 66.6 Å². The first-order chi connectivity index (χ1) is 24.8. The standard InChI is InChI=1S/C44H28N6/c1-4-14-29(15-5-1)37-26-38(48-43(47-37)30-16-6-2-7-17-30)31-27-45-44(46-28-31)50-40-23-13-11-21-34(40)36-25-24-35-33-20-10-12-22-39(33)49(41(35)42(36)50)32-18-8-3-9-19-32/h1-28H. The van der Waals surface area contributed by atoms with Gasteiger partial charge in [0.25, 0.3) is 0 Å². The largest absolute Gasteiger partial charge is 0.307 e. The normalized spacial score (nSPS) is 11.6. The van der Waals surface area contributed by atoms with Crippen molar-refractivity contribution in [2.75, 3.05) is 0 Å². The number of nitrogens with zero attached hydrogens (tertiary/aromatic N) is 6. The molecule has 0 saturated heterocycles. The van der Waals surface area contributed by atoms with Crippen LogP contribution in [-0.4, -0.2) is 29.1 Å². The van der Waals surface area contributed by atoms with Gasteiger partial charge in [-0.2, -0.15) is 0 Å². The van der Waals surface area contributed by atoms with Crippen LogP contribution in [0.25, 0.3) is 89.2 Å². The highest BCUT2D eigenvalue weighted by Gasteiger charge is 2.22. The number of para-hydroxylation sites is 3. The zero-order valence-electron chi connectivity index (χ0n) is 26.8. The summed E-state index contributed by atoms with van der Waals surface area (Å²) in [6, 6.07) is 54.5. The molecule has 234 valence electrons. The summed E-state index contributed by atoms with van der Waals surface area (Å²) in [5.41, 5.74) is 9.89. The maximum atomic E-state index is 5.05. The Bertz CT molecular complexity index is 2780. The second-order valence-electron chi connectivity index (χ2n) is 12.4. The molecule has 0 spiro atoms. The lowest BCUT2D eigenvalue weighted by atomic mass is 10.1. The topological polar surface area (TPSA) is 61.4 Å². The zero-order valence-corrected chi connectivity index (χ0v) is 26.8. The third-order valence-electron chi connectivity index (χ3n) is 9.44. The van der Waals surface area contributed by atoms with Crippen molar-refractivity contribution >= 4 is 43.6 Å². The van der Waals surface area contributed by atoms with E-state index < -0.39 is 0 Å². The van der Waals surface area contributed by atoms with Crippen LogP contribution in [0.4, 0.5) is 0 Å². The van der Waals surface area contributed by atoms with Gasteiger partial charge in [0.1, 0.15) is 0 Å². The SMILES string of the molecule is c1ccc(-c2cc(-c3cnc(-n4c5ccccc5c5ccc6c7ccccc7n(-c7ccccc7)c6c54)nc3)nc(-c3ccccc3)n2)cc1. The minimum atomic E-state index is 0.595. The molecule has 0 saturated carbocycles. The van der Waals surface area contributed by atoms with Crippen molar-refractivity contribution in [2.24, 2.45) is 0 Å². The van der Waals surface area contributed by atoms with Gasteiger partial charge in [-0.3, -0.25) is 4.57 Å². The molecule has 50 heavy (non-hydrogen) atoms. The van der Waals surface area contributed by atoms with Crippen LogP contribution in [-0.2, 0) is 0 Å². The Morgan fingerprint density at radius 2 is 0.860 bits per heavy atom. The average Bonchev–Trinajstić information content (AvgIpc) is 3.72. The summed E-state index contributed by atoms with van der Waals surface area (Å²) in [7, 11) is 0. The molecule has 0 N–H and O–H groups in total. The molecule has 10 rings (SSSR count). The smallest absolute Gasteiger partial charge is 0.234 e. The van der Waals surface area contributed by atoms with Gasteiger partial charge in [-0.1, -0.05) is 127 Å². The highest BCUT2D eigenvalue weighted by molar-refractivity contribution is 6.23. The Labute approximate surface area is 287 Å². The molecule has 0 aliphatic heterocycles. The molecule has 10 aromatic rings. The highest BCUT2D eigenvalue weighted by atomic mass is 15.2. The summed E-state index contributed by atoms with van der Waals surface area (Å²) in [5, 5.41) is 4.68. The molecule has 6 heteroatoms. The molecule has 0 aliphatic carbocycles. The van der Waals surface area contributed by atoms with E-state index in [9.17, 15) is 0 Å². The van der Waals surface area contributed by atoms with Crippen LogP contribution in [0, 0.1) is 0 Å². The lowest BCUT2D eigenvalue weighted by Gasteiger charge is -2.12. The van der Waals surface area contributed by atoms with Crippen LogP contribution in [0.3, 0.4) is 0 Å². The van der Waals surface area contributed by atoms with Gasteiger partial charge in [-0.25, -0.2) is 19.9 Å². The van der Waals surface area contributed by atoms with Crippen LogP contribution in [0.1, 0.15) is 0 Å². The highest BCUT2D eigenvalue weighted by Crippen LogP contribution is 2.41. The molecule has 0 fully saturated rings. The zero-order chi connectivity index (χ0) is 33.0. The van der Waals surface area contributed by atoms with Crippen LogP contribution in [0.2, 0.25) is 0 Å². The van der Waals surface area contributed by atoms with Gasteiger partial charge in [0.2, 0.25) is 5.95 Å². The molecule has 0 bridgehead atoms.